The lowest BCUT2D eigenvalue weighted by Crippen LogP contribution is -2.45. The first-order chi connectivity index (χ1) is 9.39. The number of hydrogen-bond acceptors (Lipinski definition) is 3. The molecule has 0 radical (unpaired) electrons. The van der Waals surface area contributed by atoms with E-state index in [9.17, 15) is 13.5 Å². The molecule has 4 nitrogen and oxygen atoms in total. The third-order valence-electron chi connectivity index (χ3n) is 4.03. The second kappa shape index (κ2) is 6.24. The molecule has 5 heteroatoms. The van der Waals surface area contributed by atoms with Gasteiger partial charge in [-0.3, -0.25) is 0 Å². The zero-order chi connectivity index (χ0) is 14.6. The van der Waals surface area contributed by atoms with Crippen LogP contribution in [-0.4, -0.2) is 25.7 Å². The van der Waals surface area contributed by atoms with E-state index in [1.807, 2.05) is 18.2 Å². The quantitative estimate of drug-likeness (QED) is 0.874. The summed E-state index contributed by atoms with van der Waals surface area (Å²) in [5.74, 6) is 0.580. The summed E-state index contributed by atoms with van der Waals surface area (Å²) < 4.78 is 26.6. The molecule has 20 heavy (non-hydrogen) atoms. The van der Waals surface area contributed by atoms with Crippen LogP contribution in [0.4, 0.5) is 0 Å². The predicted octanol–water partition coefficient (Wildman–Crippen LogP) is 2.05. The zero-order valence-electron chi connectivity index (χ0n) is 11.9. The summed E-state index contributed by atoms with van der Waals surface area (Å²) in [6, 6.07) is 9.07. The zero-order valence-corrected chi connectivity index (χ0v) is 12.7. The fraction of sp³-hybridized carbons (Fsp3) is 0.600. The molecule has 1 aliphatic rings. The molecule has 0 atom stereocenters. The van der Waals surface area contributed by atoms with Crippen LogP contribution in [0.2, 0.25) is 0 Å². The summed E-state index contributed by atoms with van der Waals surface area (Å²) in [5.41, 5.74) is -0.125. The van der Waals surface area contributed by atoms with Gasteiger partial charge in [0.05, 0.1) is 11.4 Å². The Balaban J connectivity index is 1.89. The van der Waals surface area contributed by atoms with Crippen molar-refractivity contribution in [3.63, 3.8) is 0 Å². The Bertz CT molecular complexity index is 519. The van der Waals surface area contributed by atoms with Crippen LogP contribution >= 0.6 is 0 Å². The van der Waals surface area contributed by atoms with Gasteiger partial charge >= 0.3 is 0 Å². The molecule has 2 N–H and O–H groups in total. The van der Waals surface area contributed by atoms with Crippen LogP contribution in [0.3, 0.4) is 0 Å². The van der Waals surface area contributed by atoms with Crippen molar-refractivity contribution >= 4 is 10.0 Å². The molecule has 0 unspecified atom stereocenters. The molecule has 112 valence electrons. The topological polar surface area (TPSA) is 66.4 Å². The van der Waals surface area contributed by atoms with Gasteiger partial charge in [-0.05, 0) is 37.2 Å². The second-order valence-electron chi connectivity index (χ2n) is 5.97. The van der Waals surface area contributed by atoms with Crippen molar-refractivity contribution in [2.45, 2.75) is 44.0 Å². The minimum Gasteiger partial charge on any atom is -0.389 e. The Morgan fingerprint density at radius 2 is 1.85 bits per heavy atom. The minimum absolute atomic E-state index is 0.0413. The van der Waals surface area contributed by atoms with Gasteiger partial charge in [-0.15, -0.1) is 0 Å². The van der Waals surface area contributed by atoms with Crippen molar-refractivity contribution in [2.24, 2.45) is 5.92 Å². The van der Waals surface area contributed by atoms with Crippen LogP contribution in [0, 0.1) is 5.92 Å². The van der Waals surface area contributed by atoms with Crippen LogP contribution < -0.4 is 4.72 Å². The molecule has 0 amide bonds. The summed E-state index contributed by atoms with van der Waals surface area (Å²) in [6.07, 6.45) is 3.25. The smallest absolute Gasteiger partial charge is 0.215 e. The highest BCUT2D eigenvalue weighted by Crippen LogP contribution is 2.31. The number of benzene rings is 1. The van der Waals surface area contributed by atoms with Crippen LogP contribution in [0.25, 0.3) is 0 Å². The lowest BCUT2D eigenvalue weighted by atomic mass is 9.80. The van der Waals surface area contributed by atoms with Crippen LogP contribution in [0.5, 0.6) is 0 Å². The molecule has 0 spiro atoms. The molecular formula is C15H23NO3S. The maximum absolute atomic E-state index is 12.0. The first kappa shape index (κ1) is 15.5. The van der Waals surface area contributed by atoms with Crippen molar-refractivity contribution in [1.29, 1.82) is 0 Å². The van der Waals surface area contributed by atoms with Crippen molar-refractivity contribution in [2.75, 3.05) is 6.54 Å². The molecule has 2 rings (SSSR count). The fourth-order valence-corrected chi connectivity index (χ4v) is 3.79. The van der Waals surface area contributed by atoms with Gasteiger partial charge < -0.3 is 5.11 Å². The Kier molecular flexibility index (Phi) is 4.83. The van der Waals surface area contributed by atoms with E-state index in [0.29, 0.717) is 18.8 Å². The number of rotatable bonds is 5. The van der Waals surface area contributed by atoms with E-state index in [1.165, 1.54) is 0 Å². The lowest BCUT2D eigenvalue weighted by molar-refractivity contribution is -0.00183. The largest absolute Gasteiger partial charge is 0.389 e. The van der Waals surface area contributed by atoms with Gasteiger partial charge in [0.15, 0.2) is 0 Å². The van der Waals surface area contributed by atoms with Gasteiger partial charge in [-0.25, -0.2) is 13.1 Å². The maximum Gasteiger partial charge on any atom is 0.215 e. The molecule has 0 heterocycles. The molecule has 0 bridgehead atoms. The van der Waals surface area contributed by atoms with Crippen molar-refractivity contribution in [3.05, 3.63) is 35.9 Å². The van der Waals surface area contributed by atoms with Gasteiger partial charge in [-0.2, -0.15) is 0 Å². The molecule has 1 saturated carbocycles. The van der Waals surface area contributed by atoms with Crippen LogP contribution in [0.1, 0.15) is 38.2 Å². The second-order valence-corrected chi connectivity index (χ2v) is 7.78. The normalized spacial score (nSPS) is 27.4. The van der Waals surface area contributed by atoms with E-state index in [1.54, 1.807) is 12.1 Å². The van der Waals surface area contributed by atoms with Gasteiger partial charge in [-0.1, -0.05) is 37.3 Å². The maximum atomic E-state index is 12.0. The van der Waals surface area contributed by atoms with Crippen LogP contribution in [-0.2, 0) is 15.8 Å². The van der Waals surface area contributed by atoms with E-state index >= 15 is 0 Å². The summed E-state index contributed by atoms with van der Waals surface area (Å²) in [7, 11) is -3.40. The predicted molar refractivity (Wildman–Crippen MR) is 79.7 cm³/mol. The van der Waals surface area contributed by atoms with E-state index in [-0.39, 0.29) is 12.3 Å². The highest BCUT2D eigenvalue weighted by atomic mass is 32.2. The highest BCUT2D eigenvalue weighted by Gasteiger charge is 2.32. The molecule has 1 aromatic carbocycles. The number of hydrogen-bond donors (Lipinski definition) is 2. The van der Waals surface area contributed by atoms with Crippen LogP contribution in [0.15, 0.2) is 30.3 Å². The molecule has 0 aliphatic heterocycles. The molecular weight excluding hydrogens is 274 g/mol. The Morgan fingerprint density at radius 3 is 2.45 bits per heavy atom. The third kappa shape index (κ3) is 4.58. The van der Waals surface area contributed by atoms with Gasteiger partial charge in [0.2, 0.25) is 10.0 Å². The first-order valence-electron chi connectivity index (χ1n) is 7.12. The van der Waals surface area contributed by atoms with E-state index in [4.69, 9.17) is 0 Å². The molecule has 0 aromatic heterocycles. The van der Waals surface area contributed by atoms with Crippen molar-refractivity contribution in [1.82, 2.24) is 4.72 Å². The number of sulfonamides is 1. The highest BCUT2D eigenvalue weighted by molar-refractivity contribution is 7.88. The van der Waals surface area contributed by atoms with Crippen molar-refractivity contribution in [3.8, 4) is 0 Å². The minimum atomic E-state index is -3.40. The van der Waals surface area contributed by atoms with Crippen molar-refractivity contribution < 1.29 is 13.5 Å². The summed E-state index contributed by atoms with van der Waals surface area (Å²) >= 11 is 0. The number of nitrogens with one attached hydrogen (secondary N) is 1. The van der Waals surface area contributed by atoms with E-state index in [0.717, 1.165) is 18.4 Å². The summed E-state index contributed by atoms with van der Waals surface area (Å²) in [4.78, 5) is 0. The van der Waals surface area contributed by atoms with E-state index < -0.39 is 15.6 Å². The average molecular weight is 297 g/mol. The van der Waals surface area contributed by atoms with Gasteiger partial charge in [0.25, 0.3) is 0 Å². The fourth-order valence-electron chi connectivity index (χ4n) is 2.57. The summed E-state index contributed by atoms with van der Waals surface area (Å²) in [5, 5.41) is 10.4. The first-order valence-corrected chi connectivity index (χ1v) is 8.77. The SMILES string of the molecule is CC1CCC(O)(CNS(=O)(=O)Cc2ccccc2)CC1. The average Bonchev–Trinajstić information content (AvgIpc) is 2.41. The Morgan fingerprint density at radius 1 is 1.25 bits per heavy atom. The molecule has 1 fully saturated rings. The molecule has 1 aromatic rings. The summed E-state index contributed by atoms with van der Waals surface area (Å²) in [6.45, 7) is 2.29. The standard InChI is InChI=1S/C15H23NO3S/c1-13-7-9-15(17,10-8-13)12-16-20(18,19)11-14-5-3-2-4-6-14/h2-6,13,16-17H,7-12H2,1H3. The molecule has 1 aliphatic carbocycles. The Labute approximate surface area is 121 Å². The van der Waals surface area contributed by atoms with Gasteiger partial charge in [0, 0.05) is 6.54 Å². The number of aliphatic hydroxyl groups is 1. The third-order valence-corrected chi connectivity index (χ3v) is 5.32. The Hall–Kier alpha value is -0.910. The monoisotopic (exact) mass is 297 g/mol. The van der Waals surface area contributed by atoms with Gasteiger partial charge in [0.1, 0.15) is 0 Å². The van der Waals surface area contributed by atoms with E-state index in [2.05, 4.69) is 11.6 Å². The lowest BCUT2D eigenvalue weighted by Gasteiger charge is -2.34. The molecule has 0 saturated heterocycles.